The van der Waals surface area contributed by atoms with Crippen LogP contribution in [0.25, 0.3) is 0 Å². The molecule has 0 saturated carbocycles. The molecule has 0 aromatic heterocycles. The molecule has 1 fully saturated rings. The van der Waals surface area contributed by atoms with E-state index >= 15 is 0 Å². The summed E-state index contributed by atoms with van der Waals surface area (Å²) in [6, 6.07) is -0.897. The van der Waals surface area contributed by atoms with Crippen LogP contribution in [0.2, 0.25) is 0 Å². The standard InChI is InChI=1S/C12H21FNO6P/c1-5-19-21(17,20-6-2)10(13)7-9-8-18-12(3,4)14(9)11(15)16/h7,9H,5-6,8H2,1-4H3,(H,15,16)/b10-7+/t9-/m0/s1. The van der Waals surface area contributed by atoms with Gasteiger partial charge in [0, 0.05) is 0 Å². The molecule has 0 aromatic rings. The van der Waals surface area contributed by atoms with E-state index in [0.29, 0.717) is 0 Å². The van der Waals surface area contributed by atoms with Gasteiger partial charge in [-0.05, 0) is 33.8 Å². The summed E-state index contributed by atoms with van der Waals surface area (Å²) in [5.41, 5.74) is -2.20. The largest absolute Gasteiger partial charge is 0.465 e. The summed E-state index contributed by atoms with van der Waals surface area (Å²) < 4.78 is 41.6. The summed E-state index contributed by atoms with van der Waals surface area (Å²) in [6.07, 6.45) is -0.330. The van der Waals surface area contributed by atoms with Gasteiger partial charge in [0.15, 0.2) is 0 Å². The Balaban J connectivity index is 3.05. The molecule has 1 amide bonds. The van der Waals surface area contributed by atoms with Crippen LogP contribution in [0.4, 0.5) is 9.18 Å². The number of hydrogen-bond acceptors (Lipinski definition) is 5. The zero-order chi connectivity index (χ0) is 16.3. The highest BCUT2D eigenvalue weighted by Gasteiger charge is 2.44. The van der Waals surface area contributed by atoms with Crippen molar-refractivity contribution in [2.75, 3.05) is 19.8 Å². The van der Waals surface area contributed by atoms with E-state index in [-0.39, 0.29) is 19.8 Å². The highest BCUT2D eigenvalue weighted by molar-refractivity contribution is 7.58. The molecule has 0 unspecified atom stereocenters. The molecule has 1 N–H and O–H groups in total. The second-order valence-corrected chi connectivity index (χ2v) is 6.74. The summed E-state index contributed by atoms with van der Waals surface area (Å²) in [5.74, 6) is 0. The Labute approximate surface area is 123 Å². The third-order valence-electron chi connectivity index (χ3n) is 2.91. The molecule has 0 bridgehead atoms. The summed E-state index contributed by atoms with van der Waals surface area (Å²) >= 11 is 0. The van der Waals surface area contributed by atoms with Gasteiger partial charge in [0.2, 0.25) is 5.57 Å². The quantitative estimate of drug-likeness (QED) is 0.755. The molecule has 1 saturated heterocycles. The van der Waals surface area contributed by atoms with Crippen LogP contribution in [0.15, 0.2) is 11.6 Å². The number of amides is 1. The van der Waals surface area contributed by atoms with E-state index < -0.39 is 31.0 Å². The number of carboxylic acid groups (broad SMARTS) is 1. The number of nitrogens with zero attached hydrogens (tertiary/aromatic N) is 1. The molecular weight excluding hydrogens is 304 g/mol. The molecule has 1 aliphatic heterocycles. The Morgan fingerprint density at radius 3 is 2.43 bits per heavy atom. The fraction of sp³-hybridized carbons (Fsp3) is 0.750. The Morgan fingerprint density at radius 2 is 2.00 bits per heavy atom. The van der Waals surface area contributed by atoms with Gasteiger partial charge in [-0.1, -0.05) is 0 Å². The normalized spacial score (nSPS) is 22.6. The van der Waals surface area contributed by atoms with E-state index in [1.54, 1.807) is 27.7 Å². The molecule has 0 aromatic carbocycles. The maximum Gasteiger partial charge on any atom is 0.410 e. The summed E-state index contributed by atoms with van der Waals surface area (Å²) in [6.45, 7) is 6.20. The number of carbonyl (C=O) groups is 1. The van der Waals surface area contributed by atoms with Crippen LogP contribution in [0.1, 0.15) is 27.7 Å². The van der Waals surface area contributed by atoms with Crippen molar-refractivity contribution in [2.24, 2.45) is 0 Å². The second kappa shape index (κ2) is 6.87. The van der Waals surface area contributed by atoms with E-state index in [1.165, 1.54) is 0 Å². The Morgan fingerprint density at radius 1 is 1.48 bits per heavy atom. The molecule has 1 atom stereocenters. The van der Waals surface area contributed by atoms with Crippen LogP contribution >= 0.6 is 7.60 Å². The molecule has 7 nitrogen and oxygen atoms in total. The first-order valence-corrected chi connectivity index (χ1v) is 8.15. The molecule has 0 aliphatic carbocycles. The van der Waals surface area contributed by atoms with Crippen molar-refractivity contribution in [3.63, 3.8) is 0 Å². The molecule has 21 heavy (non-hydrogen) atoms. The molecular formula is C12H21FNO6P. The average Bonchev–Trinajstić information content (AvgIpc) is 2.65. The van der Waals surface area contributed by atoms with Crippen LogP contribution in [0.3, 0.4) is 0 Å². The maximum atomic E-state index is 14.2. The lowest BCUT2D eigenvalue weighted by Gasteiger charge is -2.30. The van der Waals surface area contributed by atoms with Gasteiger partial charge in [0.25, 0.3) is 0 Å². The predicted molar refractivity (Wildman–Crippen MR) is 73.7 cm³/mol. The monoisotopic (exact) mass is 325 g/mol. The molecule has 0 radical (unpaired) electrons. The van der Waals surface area contributed by atoms with Crippen molar-refractivity contribution in [1.82, 2.24) is 4.90 Å². The second-order valence-electron chi connectivity index (χ2n) is 4.80. The highest BCUT2D eigenvalue weighted by Crippen LogP contribution is 2.57. The van der Waals surface area contributed by atoms with E-state index in [2.05, 4.69) is 0 Å². The summed E-state index contributed by atoms with van der Waals surface area (Å²) in [5, 5.41) is 9.20. The number of rotatable bonds is 6. The van der Waals surface area contributed by atoms with Crippen molar-refractivity contribution in [3.8, 4) is 0 Å². The third-order valence-corrected chi connectivity index (χ3v) is 4.78. The van der Waals surface area contributed by atoms with Gasteiger partial charge in [-0.3, -0.25) is 9.46 Å². The van der Waals surface area contributed by atoms with E-state index in [0.717, 1.165) is 11.0 Å². The summed E-state index contributed by atoms with van der Waals surface area (Å²) in [4.78, 5) is 12.2. The first-order chi connectivity index (χ1) is 9.68. The number of ether oxygens (including phenoxy) is 1. The first-order valence-electron chi connectivity index (χ1n) is 6.61. The smallest absolute Gasteiger partial charge is 0.410 e. The van der Waals surface area contributed by atoms with E-state index in [4.69, 9.17) is 13.8 Å². The van der Waals surface area contributed by atoms with Crippen LogP contribution in [0.5, 0.6) is 0 Å². The fourth-order valence-electron chi connectivity index (χ4n) is 2.08. The van der Waals surface area contributed by atoms with Gasteiger partial charge in [-0.2, -0.15) is 4.39 Å². The predicted octanol–water partition coefficient (Wildman–Crippen LogP) is 3.18. The first kappa shape index (κ1) is 18.1. The zero-order valence-electron chi connectivity index (χ0n) is 12.5. The van der Waals surface area contributed by atoms with E-state index in [9.17, 15) is 18.9 Å². The fourth-order valence-corrected chi connectivity index (χ4v) is 3.43. The Kier molecular flexibility index (Phi) is 5.92. The van der Waals surface area contributed by atoms with Gasteiger partial charge >= 0.3 is 13.7 Å². The molecule has 1 aliphatic rings. The maximum absolute atomic E-state index is 14.2. The van der Waals surface area contributed by atoms with Gasteiger partial charge in [0.1, 0.15) is 5.72 Å². The van der Waals surface area contributed by atoms with Gasteiger partial charge in [0.05, 0.1) is 25.9 Å². The van der Waals surface area contributed by atoms with Crippen LogP contribution in [0, 0.1) is 0 Å². The lowest BCUT2D eigenvalue weighted by molar-refractivity contribution is -0.0409. The molecule has 0 spiro atoms. The minimum Gasteiger partial charge on any atom is -0.465 e. The van der Waals surface area contributed by atoms with Crippen molar-refractivity contribution < 1.29 is 32.6 Å². The van der Waals surface area contributed by atoms with Crippen molar-refractivity contribution >= 4 is 13.7 Å². The topological polar surface area (TPSA) is 85.3 Å². The highest BCUT2D eigenvalue weighted by atomic mass is 31.2. The molecule has 9 heteroatoms. The minimum atomic E-state index is -4.04. The summed E-state index contributed by atoms with van der Waals surface area (Å²) in [7, 11) is -4.04. The molecule has 1 rings (SSSR count). The van der Waals surface area contributed by atoms with Gasteiger partial charge in [-0.15, -0.1) is 0 Å². The van der Waals surface area contributed by atoms with Gasteiger partial charge in [-0.25, -0.2) is 4.79 Å². The Hall–Kier alpha value is -0.950. The van der Waals surface area contributed by atoms with Crippen molar-refractivity contribution in [1.29, 1.82) is 0 Å². The van der Waals surface area contributed by atoms with Crippen LogP contribution in [-0.2, 0) is 18.3 Å². The average molecular weight is 325 g/mol. The number of hydrogen-bond donors (Lipinski definition) is 1. The lowest BCUT2D eigenvalue weighted by atomic mass is 10.2. The van der Waals surface area contributed by atoms with Crippen LogP contribution < -0.4 is 0 Å². The minimum absolute atomic E-state index is 0.00778. The Bertz CT molecular complexity index is 457. The van der Waals surface area contributed by atoms with Crippen molar-refractivity contribution in [2.45, 2.75) is 39.5 Å². The lowest BCUT2D eigenvalue weighted by Crippen LogP contribution is -2.46. The van der Waals surface area contributed by atoms with E-state index in [1.807, 2.05) is 0 Å². The molecule has 122 valence electrons. The number of halogens is 1. The van der Waals surface area contributed by atoms with Crippen LogP contribution in [-0.4, -0.2) is 47.7 Å². The molecule has 1 heterocycles. The van der Waals surface area contributed by atoms with Gasteiger partial charge < -0.3 is 18.9 Å². The van der Waals surface area contributed by atoms with Crippen molar-refractivity contribution in [3.05, 3.63) is 11.6 Å². The third kappa shape index (κ3) is 4.03. The zero-order valence-corrected chi connectivity index (χ0v) is 13.4. The SMILES string of the molecule is CCOP(=O)(OCC)/C(F)=C/[C@H]1COC(C)(C)N1C(=O)O.